The van der Waals surface area contributed by atoms with Crippen LogP contribution >= 0.6 is 0 Å². The Morgan fingerprint density at radius 1 is 1.41 bits per heavy atom. The van der Waals surface area contributed by atoms with E-state index >= 15 is 0 Å². The number of urea groups is 1. The molecular weight excluding hydrogens is 276 g/mol. The number of hydrogen-bond acceptors (Lipinski definition) is 2. The summed E-state index contributed by atoms with van der Waals surface area (Å²) in [5.74, 6) is 0.346. The molecule has 1 saturated heterocycles. The summed E-state index contributed by atoms with van der Waals surface area (Å²) in [5, 5.41) is 13.4. The number of aryl methyl sites for hydroxylation is 1. The number of hydrogen-bond donors (Lipinski definition) is 2. The molecule has 0 spiro atoms. The topological polar surface area (TPSA) is 52.6 Å². The molecule has 1 aliphatic heterocycles. The van der Waals surface area contributed by atoms with Crippen LogP contribution in [-0.2, 0) is 0 Å². The number of rotatable bonds is 3. The summed E-state index contributed by atoms with van der Waals surface area (Å²) in [4.78, 5) is 14.5. The van der Waals surface area contributed by atoms with E-state index in [9.17, 15) is 9.90 Å². The smallest absolute Gasteiger partial charge is 0.322 e. The first kappa shape index (κ1) is 16.8. The van der Waals surface area contributed by atoms with E-state index in [1.54, 1.807) is 18.7 Å². The number of aliphatic hydroxyl groups is 1. The molecule has 1 aromatic carbocycles. The first-order valence-electron chi connectivity index (χ1n) is 8.11. The van der Waals surface area contributed by atoms with Crippen molar-refractivity contribution in [3.05, 3.63) is 29.3 Å². The number of likely N-dealkylation sites (tertiary alicyclic amines) is 1. The average Bonchev–Trinajstić information content (AvgIpc) is 2.90. The number of para-hydroxylation sites is 1. The maximum Gasteiger partial charge on any atom is 0.322 e. The molecule has 2 N–H and O–H groups in total. The van der Waals surface area contributed by atoms with Crippen LogP contribution in [0.3, 0.4) is 0 Å². The molecule has 1 unspecified atom stereocenters. The fourth-order valence-corrected chi connectivity index (χ4v) is 3.27. The van der Waals surface area contributed by atoms with E-state index in [4.69, 9.17) is 0 Å². The minimum absolute atomic E-state index is 0.110. The van der Waals surface area contributed by atoms with Crippen LogP contribution in [0.25, 0.3) is 0 Å². The fourth-order valence-electron chi connectivity index (χ4n) is 3.27. The summed E-state index contributed by atoms with van der Waals surface area (Å²) >= 11 is 0. The number of carbonyl (C=O) groups is 1. The van der Waals surface area contributed by atoms with Gasteiger partial charge >= 0.3 is 6.03 Å². The van der Waals surface area contributed by atoms with Crippen molar-refractivity contribution in [3.8, 4) is 0 Å². The maximum absolute atomic E-state index is 12.7. The molecule has 0 aliphatic carbocycles. The molecule has 1 heterocycles. The first-order chi connectivity index (χ1) is 10.2. The van der Waals surface area contributed by atoms with E-state index in [0.29, 0.717) is 12.5 Å². The molecule has 2 rings (SSSR count). The largest absolute Gasteiger partial charge is 0.388 e. The molecule has 0 aromatic heterocycles. The number of nitrogens with zero attached hydrogens (tertiary/aromatic N) is 1. The predicted molar refractivity (Wildman–Crippen MR) is 90.3 cm³/mol. The summed E-state index contributed by atoms with van der Waals surface area (Å²) in [6.07, 6.45) is 1.79. The first-order valence-corrected chi connectivity index (χ1v) is 8.11. The Kier molecular flexibility index (Phi) is 4.81. The van der Waals surface area contributed by atoms with Gasteiger partial charge in [-0.1, -0.05) is 32.0 Å². The number of amides is 2. The standard InChI is InChI=1S/C18H28N2O2/c1-12(2)14-9-6-8-13(3)16(14)19-17(21)20-11-7-10-15(20)18(4,5)22/h6,8-9,12,15,22H,7,10-11H2,1-5H3,(H,19,21). The molecule has 122 valence electrons. The van der Waals surface area contributed by atoms with E-state index in [-0.39, 0.29) is 12.1 Å². The lowest BCUT2D eigenvalue weighted by Gasteiger charge is -2.34. The van der Waals surface area contributed by atoms with E-state index in [1.165, 1.54) is 0 Å². The molecule has 1 fully saturated rings. The van der Waals surface area contributed by atoms with E-state index < -0.39 is 5.60 Å². The molecule has 22 heavy (non-hydrogen) atoms. The van der Waals surface area contributed by atoms with Crippen LogP contribution in [0.2, 0.25) is 0 Å². The lowest BCUT2D eigenvalue weighted by Crippen LogP contribution is -2.49. The van der Waals surface area contributed by atoms with Gasteiger partial charge in [0.25, 0.3) is 0 Å². The van der Waals surface area contributed by atoms with Crippen molar-refractivity contribution >= 4 is 11.7 Å². The third-order valence-electron chi connectivity index (χ3n) is 4.49. The average molecular weight is 304 g/mol. The van der Waals surface area contributed by atoms with Gasteiger partial charge in [-0.2, -0.15) is 0 Å². The molecular formula is C18H28N2O2. The zero-order valence-electron chi connectivity index (χ0n) is 14.3. The minimum atomic E-state index is -0.875. The number of benzene rings is 1. The predicted octanol–water partition coefficient (Wildman–Crippen LogP) is 3.89. The van der Waals surface area contributed by atoms with Gasteiger partial charge < -0.3 is 15.3 Å². The van der Waals surface area contributed by atoms with Crippen LogP contribution in [0.5, 0.6) is 0 Å². The van der Waals surface area contributed by atoms with Crippen molar-refractivity contribution in [3.63, 3.8) is 0 Å². The zero-order chi connectivity index (χ0) is 16.5. The van der Waals surface area contributed by atoms with Gasteiger partial charge in [0.2, 0.25) is 0 Å². The van der Waals surface area contributed by atoms with Gasteiger partial charge in [-0.3, -0.25) is 0 Å². The fraction of sp³-hybridized carbons (Fsp3) is 0.611. The number of anilines is 1. The molecule has 0 saturated carbocycles. The Bertz CT molecular complexity index is 547. The van der Waals surface area contributed by atoms with E-state index in [2.05, 4.69) is 25.2 Å². The van der Waals surface area contributed by atoms with Gasteiger partial charge in [0.05, 0.1) is 11.6 Å². The van der Waals surface area contributed by atoms with Crippen molar-refractivity contribution in [1.29, 1.82) is 0 Å². The third kappa shape index (κ3) is 3.43. The maximum atomic E-state index is 12.7. The zero-order valence-corrected chi connectivity index (χ0v) is 14.3. The lowest BCUT2D eigenvalue weighted by atomic mass is 9.96. The summed E-state index contributed by atoms with van der Waals surface area (Å²) in [6.45, 7) is 10.5. The van der Waals surface area contributed by atoms with Gasteiger partial charge in [0.1, 0.15) is 0 Å². The van der Waals surface area contributed by atoms with Gasteiger partial charge in [-0.15, -0.1) is 0 Å². The van der Waals surface area contributed by atoms with Crippen molar-refractivity contribution in [2.75, 3.05) is 11.9 Å². The summed E-state index contributed by atoms with van der Waals surface area (Å²) < 4.78 is 0. The highest BCUT2D eigenvalue weighted by molar-refractivity contribution is 5.91. The highest BCUT2D eigenvalue weighted by Gasteiger charge is 2.38. The molecule has 2 amide bonds. The van der Waals surface area contributed by atoms with Gasteiger partial charge in [-0.05, 0) is 50.7 Å². The SMILES string of the molecule is Cc1cccc(C(C)C)c1NC(=O)N1CCCC1C(C)(C)O. The molecule has 0 bridgehead atoms. The second-order valence-electron chi connectivity index (χ2n) is 7.13. The monoisotopic (exact) mass is 304 g/mol. The minimum Gasteiger partial charge on any atom is -0.388 e. The molecule has 4 heteroatoms. The Balaban J connectivity index is 2.23. The van der Waals surface area contributed by atoms with Gasteiger partial charge in [0, 0.05) is 12.2 Å². The van der Waals surface area contributed by atoms with Crippen LogP contribution in [0.1, 0.15) is 57.6 Å². The van der Waals surface area contributed by atoms with E-state index in [1.807, 2.05) is 19.1 Å². The number of carbonyl (C=O) groups excluding carboxylic acids is 1. The Labute approximate surface area is 133 Å². The summed E-state index contributed by atoms with van der Waals surface area (Å²) in [6, 6.07) is 5.86. The second-order valence-corrected chi connectivity index (χ2v) is 7.13. The number of nitrogens with one attached hydrogen (secondary N) is 1. The third-order valence-corrected chi connectivity index (χ3v) is 4.49. The molecule has 0 radical (unpaired) electrons. The lowest BCUT2D eigenvalue weighted by molar-refractivity contribution is 0.0117. The highest BCUT2D eigenvalue weighted by atomic mass is 16.3. The van der Waals surface area contributed by atoms with Gasteiger partial charge in [-0.25, -0.2) is 4.79 Å². The Morgan fingerprint density at radius 3 is 2.68 bits per heavy atom. The van der Waals surface area contributed by atoms with Crippen molar-refractivity contribution in [2.45, 2.75) is 65.0 Å². The van der Waals surface area contributed by atoms with Crippen LogP contribution in [0.15, 0.2) is 18.2 Å². The van der Waals surface area contributed by atoms with Crippen molar-refractivity contribution in [1.82, 2.24) is 4.90 Å². The molecule has 1 aliphatic rings. The summed E-state index contributed by atoms with van der Waals surface area (Å²) in [5.41, 5.74) is 2.25. The normalized spacial score (nSPS) is 18.9. The Hall–Kier alpha value is -1.55. The van der Waals surface area contributed by atoms with Crippen molar-refractivity contribution < 1.29 is 9.90 Å². The van der Waals surface area contributed by atoms with Crippen molar-refractivity contribution in [2.24, 2.45) is 0 Å². The van der Waals surface area contributed by atoms with Crippen LogP contribution in [0, 0.1) is 6.92 Å². The second kappa shape index (κ2) is 6.29. The Morgan fingerprint density at radius 2 is 2.09 bits per heavy atom. The van der Waals surface area contributed by atoms with Crippen LogP contribution in [0.4, 0.5) is 10.5 Å². The molecule has 1 aromatic rings. The van der Waals surface area contributed by atoms with Crippen LogP contribution in [-0.4, -0.2) is 34.2 Å². The highest BCUT2D eigenvalue weighted by Crippen LogP contribution is 2.30. The van der Waals surface area contributed by atoms with Gasteiger partial charge in [0.15, 0.2) is 0 Å². The van der Waals surface area contributed by atoms with Crippen LogP contribution < -0.4 is 5.32 Å². The summed E-state index contributed by atoms with van der Waals surface area (Å²) in [7, 11) is 0. The molecule has 1 atom stereocenters. The molecule has 4 nitrogen and oxygen atoms in total. The van der Waals surface area contributed by atoms with E-state index in [0.717, 1.165) is 29.7 Å². The quantitative estimate of drug-likeness (QED) is 0.890.